The summed E-state index contributed by atoms with van der Waals surface area (Å²) in [5.74, 6) is -0.580. The van der Waals surface area contributed by atoms with E-state index < -0.39 is 17.9 Å². The molecule has 4 aromatic rings. The van der Waals surface area contributed by atoms with Crippen LogP contribution < -0.4 is 10.6 Å². The summed E-state index contributed by atoms with van der Waals surface area (Å²) in [6, 6.07) is 20.7. The lowest BCUT2D eigenvalue weighted by Gasteiger charge is -2.23. The molecular weight excluding hydrogens is 467 g/mol. The molecule has 35 heavy (non-hydrogen) atoms. The van der Waals surface area contributed by atoms with Gasteiger partial charge in [-0.3, -0.25) is 9.59 Å². The number of halogens is 2. The zero-order valence-electron chi connectivity index (χ0n) is 19.0. The molecule has 2 atom stereocenters. The van der Waals surface area contributed by atoms with Crippen LogP contribution in [0, 0.1) is 5.82 Å². The first-order valence-electron chi connectivity index (χ1n) is 11.0. The predicted octanol–water partition coefficient (Wildman–Crippen LogP) is 4.98. The van der Waals surface area contributed by atoms with Crippen LogP contribution in [0.5, 0.6) is 0 Å². The van der Waals surface area contributed by atoms with Gasteiger partial charge in [0.05, 0.1) is 23.0 Å². The normalized spacial score (nSPS) is 12.5. The maximum absolute atomic E-state index is 14.0. The Morgan fingerprint density at radius 1 is 0.971 bits per heavy atom. The van der Waals surface area contributed by atoms with Crippen molar-refractivity contribution in [2.45, 2.75) is 18.5 Å². The molecule has 0 bridgehead atoms. The van der Waals surface area contributed by atoms with Crippen LogP contribution in [0.25, 0.3) is 0 Å². The molecule has 0 saturated heterocycles. The summed E-state index contributed by atoms with van der Waals surface area (Å²) in [6.45, 7) is 0. The number of aromatic nitrogens is 2. The van der Waals surface area contributed by atoms with Gasteiger partial charge in [0.1, 0.15) is 17.7 Å². The minimum Gasteiger partial charge on any atom is -0.345 e. The van der Waals surface area contributed by atoms with Crippen molar-refractivity contribution in [1.29, 1.82) is 0 Å². The largest absolute Gasteiger partial charge is 0.345 e. The van der Waals surface area contributed by atoms with E-state index >= 15 is 0 Å². The third-order valence-corrected chi connectivity index (χ3v) is 5.95. The average Bonchev–Trinajstić information content (AvgIpc) is 3.28. The number of carbonyl (C=O) groups is 2. The van der Waals surface area contributed by atoms with Crippen molar-refractivity contribution in [2.24, 2.45) is 7.05 Å². The van der Waals surface area contributed by atoms with E-state index in [4.69, 9.17) is 11.6 Å². The lowest BCUT2D eigenvalue weighted by atomic mass is 10.0. The Kier molecular flexibility index (Phi) is 7.57. The number of carbonyl (C=O) groups excluding carboxylic acids is 2. The van der Waals surface area contributed by atoms with Gasteiger partial charge in [0.15, 0.2) is 0 Å². The van der Waals surface area contributed by atoms with Gasteiger partial charge in [-0.15, -0.1) is 0 Å². The molecule has 178 valence electrons. The Morgan fingerprint density at radius 2 is 1.69 bits per heavy atom. The van der Waals surface area contributed by atoms with E-state index in [-0.39, 0.29) is 18.2 Å². The third-order valence-electron chi connectivity index (χ3n) is 5.62. The van der Waals surface area contributed by atoms with E-state index in [1.165, 1.54) is 12.1 Å². The zero-order valence-corrected chi connectivity index (χ0v) is 19.7. The van der Waals surface area contributed by atoms with E-state index in [0.29, 0.717) is 22.0 Å². The highest BCUT2D eigenvalue weighted by molar-refractivity contribution is 6.33. The van der Waals surface area contributed by atoms with E-state index in [1.54, 1.807) is 60.4 Å². The summed E-state index contributed by atoms with van der Waals surface area (Å²) in [4.78, 5) is 30.6. The van der Waals surface area contributed by atoms with E-state index in [2.05, 4.69) is 15.6 Å². The number of hydrogen-bond donors (Lipinski definition) is 2. The van der Waals surface area contributed by atoms with E-state index in [9.17, 15) is 14.0 Å². The highest BCUT2D eigenvalue weighted by atomic mass is 35.5. The summed E-state index contributed by atoms with van der Waals surface area (Å²) in [7, 11) is 1.80. The number of imidazole rings is 1. The van der Waals surface area contributed by atoms with Crippen molar-refractivity contribution in [3.8, 4) is 0 Å². The highest BCUT2D eigenvalue weighted by Crippen LogP contribution is 2.24. The molecule has 1 heterocycles. The minimum atomic E-state index is -0.672. The van der Waals surface area contributed by atoms with Gasteiger partial charge in [-0.25, -0.2) is 9.37 Å². The number of rotatable bonds is 8. The Morgan fingerprint density at radius 3 is 2.37 bits per heavy atom. The van der Waals surface area contributed by atoms with Crippen molar-refractivity contribution < 1.29 is 14.0 Å². The smallest absolute Gasteiger partial charge is 0.253 e. The van der Waals surface area contributed by atoms with Crippen molar-refractivity contribution in [3.63, 3.8) is 0 Å². The van der Waals surface area contributed by atoms with Crippen molar-refractivity contribution in [2.75, 3.05) is 0 Å². The Balaban J connectivity index is 1.58. The summed E-state index contributed by atoms with van der Waals surface area (Å²) in [6.07, 6.45) is 3.32. The molecular formula is C27H24ClFN4O2. The standard InChI is InChI=1S/C27H24ClFN4O2/c1-33-15-14-30-26(33)25(19-10-7-11-20(29)16-19)32-24(34)17-23(18-8-3-2-4-9-18)31-27(35)21-12-5-6-13-22(21)28/h2-16,23,25H,17H2,1H3,(H,31,35)(H,32,34)/t23-,25+/m0/s1. The number of aryl methyl sites for hydroxylation is 1. The van der Waals surface area contributed by atoms with Crippen molar-refractivity contribution >= 4 is 23.4 Å². The molecule has 0 saturated carbocycles. The van der Waals surface area contributed by atoms with Gasteiger partial charge in [-0.05, 0) is 35.4 Å². The number of nitrogens with zero attached hydrogens (tertiary/aromatic N) is 2. The van der Waals surface area contributed by atoms with Crippen molar-refractivity contribution in [1.82, 2.24) is 20.2 Å². The third kappa shape index (κ3) is 5.94. The minimum absolute atomic E-state index is 0.0452. The van der Waals surface area contributed by atoms with Gasteiger partial charge >= 0.3 is 0 Å². The number of benzene rings is 3. The van der Waals surface area contributed by atoms with Crippen LogP contribution in [0.2, 0.25) is 5.02 Å². The van der Waals surface area contributed by atoms with Crippen LogP contribution in [0.4, 0.5) is 4.39 Å². The van der Waals surface area contributed by atoms with Gasteiger partial charge in [-0.1, -0.05) is 66.2 Å². The lowest BCUT2D eigenvalue weighted by molar-refractivity contribution is -0.122. The van der Waals surface area contributed by atoms with Crippen molar-refractivity contribution in [3.05, 3.63) is 125 Å². The second-order valence-electron chi connectivity index (χ2n) is 8.07. The van der Waals surface area contributed by atoms with E-state index in [1.807, 2.05) is 30.3 Å². The Bertz CT molecular complexity index is 1330. The summed E-state index contributed by atoms with van der Waals surface area (Å²) < 4.78 is 15.7. The molecule has 0 spiro atoms. The number of amides is 2. The van der Waals surface area contributed by atoms with Crippen LogP contribution in [-0.2, 0) is 11.8 Å². The Hall–Kier alpha value is -3.97. The van der Waals surface area contributed by atoms with Crippen LogP contribution in [-0.4, -0.2) is 21.4 Å². The van der Waals surface area contributed by atoms with Crippen LogP contribution in [0.15, 0.2) is 91.3 Å². The zero-order chi connectivity index (χ0) is 24.8. The van der Waals surface area contributed by atoms with Crippen LogP contribution in [0.3, 0.4) is 0 Å². The first kappa shape index (κ1) is 24.2. The molecule has 0 aliphatic carbocycles. The molecule has 2 N–H and O–H groups in total. The first-order chi connectivity index (χ1) is 16.9. The fraction of sp³-hybridized carbons (Fsp3) is 0.148. The van der Waals surface area contributed by atoms with Gasteiger partial charge in [0.25, 0.3) is 5.91 Å². The maximum atomic E-state index is 14.0. The van der Waals surface area contributed by atoms with Gasteiger partial charge in [-0.2, -0.15) is 0 Å². The topological polar surface area (TPSA) is 76.0 Å². The summed E-state index contributed by atoms with van der Waals surface area (Å²) in [5, 5.41) is 6.21. The SMILES string of the molecule is Cn1ccnc1[C@H](NC(=O)C[C@H](NC(=O)c1ccccc1Cl)c1ccccc1)c1cccc(F)c1. The molecule has 3 aromatic carbocycles. The molecule has 2 amide bonds. The second kappa shape index (κ2) is 11.0. The van der Waals surface area contributed by atoms with E-state index in [0.717, 1.165) is 5.56 Å². The number of hydrogen-bond acceptors (Lipinski definition) is 3. The predicted molar refractivity (Wildman–Crippen MR) is 132 cm³/mol. The fourth-order valence-electron chi connectivity index (χ4n) is 3.86. The van der Waals surface area contributed by atoms with Gasteiger partial charge in [0.2, 0.25) is 5.91 Å². The molecule has 0 aliphatic heterocycles. The lowest BCUT2D eigenvalue weighted by Crippen LogP contribution is -2.36. The van der Waals surface area contributed by atoms with Gasteiger partial charge in [0, 0.05) is 19.4 Å². The molecule has 1 aromatic heterocycles. The first-order valence-corrected chi connectivity index (χ1v) is 11.4. The quantitative estimate of drug-likeness (QED) is 0.366. The Labute approximate surface area is 207 Å². The fourth-order valence-corrected chi connectivity index (χ4v) is 4.08. The average molecular weight is 491 g/mol. The molecule has 8 heteroatoms. The van der Waals surface area contributed by atoms with Crippen LogP contribution >= 0.6 is 11.6 Å². The maximum Gasteiger partial charge on any atom is 0.253 e. The second-order valence-corrected chi connectivity index (χ2v) is 8.48. The monoisotopic (exact) mass is 490 g/mol. The molecule has 6 nitrogen and oxygen atoms in total. The molecule has 0 aliphatic rings. The van der Waals surface area contributed by atoms with Crippen LogP contribution in [0.1, 0.15) is 45.8 Å². The number of nitrogens with one attached hydrogen (secondary N) is 2. The highest BCUT2D eigenvalue weighted by Gasteiger charge is 2.25. The molecule has 0 radical (unpaired) electrons. The summed E-state index contributed by atoms with van der Waals surface area (Å²) in [5.41, 5.74) is 1.65. The molecule has 0 fully saturated rings. The molecule has 0 unspecified atom stereocenters. The molecule has 4 rings (SSSR count). The summed E-state index contributed by atoms with van der Waals surface area (Å²) >= 11 is 6.20. The van der Waals surface area contributed by atoms with Gasteiger partial charge < -0.3 is 15.2 Å².